The van der Waals surface area contributed by atoms with E-state index in [1.807, 2.05) is 0 Å². The van der Waals surface area contributed by atoms with Crippen molar-refractivity contribution in [3.05, 3.63) is 0 Å². The van der Waals surface area contributed by atoms with Crippen molar-refractivity contribution in [1.82, 2.24) is 14.7 Å². The lowest BCUT2D eigenvalue weighted by Crippen LogP contribution is -2.45. The van der Waals surface area contributed by atoms with Gasteiger partial charge >= 0.3 is 0 Å². The average molecular weight is 335 g/mol. The van der Waals surface area contributed by atoms with Crippen LogP contribution in [0.4, 0.5) is 0 Å². The summed E-state index contributed by atoms with van der Waals surface area (Å²) >= 11 is 0. The SMILES string of the molecule is CN1C[C@@H]2CN(CC3CCN(C(=O)C4CCOCC4)CC3)C[C@@H]2C1. The molecule has 0 unspecified atom stereocenters. The normalized spacial score (nSPS) is 34.0. The van der Waals surface area contributed by atoms with Gasteiger partial charge in [-0.15, -0.1) is 0 Å². The highest BCUT2D eigenvalue weighted by atomic mass is 16.5. The smallest absolute Gasteiger partial charge is 0.225 e. The molecule has 0 aromatic carbocycles. The maximum Gasteiger partial charge on any atom is 0.225 e. The van der Waals surface area contributed by atoms with Crippen LogP contribution < -0.4 is 0 Å². The lowest BCUT2D eigenvalue weighted by molar-refractivity contribution is -0.140. The zero-order valence-electron chi connectivity index (χ0n) is 15.2. The molecule has 4 aliphatic heterocycles. The monoisotopic (exact) mass is 335 g/mol. The second kappa shape index (κ2) is 7.30. The molecule has 0 radical (unpaired) electrons. The quantitative estimate of drug-likeness (QED) is 0.775. The lowest BCUT2D eigenvalue weighted by atomic mass is 9.93. The molecule has 5 heteroatoms. The molecule has 0 aliphatic carbocycles. The third kappa shape index (κ3) is 3.63. The van der Waals surface area contributed by atoms with Gasteiger partial charge < -0.3 is 19.4 Å². The predicted octanol–water partition coefficient (Wildman–Crippen LogP) is 1.15. The molecule has 0 aromatic heterocycles. The van der Waals surface area contributed by atoms with Gasteiger partial charge in [-0.3, -0.25) is 4.79 Å². The Balaban J connectivity index is 1.20. The summed E-state index contributed by atoms with van der Waals surface area (Å²) in [5.74, 6) is 3.23. The molecule has 136 valence electrons. The maximum atomic E-state index is 12.6. The average Bonchev–Trinajstić information content (AvgIpc) is 3.12. The van der Waals surface area contributed by atoms with Crippen LogP contribution in [0.3, 0.4) is 0 Å². The summed E-state index contributed by atoms with van der Waals surface area (Å²) in [7, 11) is 2.26. The van der Waals surface area contributed by atoms with Crippen LogP contribution in [0.25, 0.3) is 0 Å². The number of amides is 1. The molecule has 0 saturated carbocycles. The van der Waals surface area contributed by atoms with Crippen LogP contribution in [0.5, 0.6) is 0 Å². The molecule has 0 bridgehead atoms. The molecule has 4 fully saturated rings. The van der Waals surface area contributed by atoms with Gasteiger partial charge in [-0.2, -0.15) is 0 Å². The minimum atomic E-state index is 0.227. The van der Waals surface area contributed by atoms with Crippen molar-refractivity contribution in [2.75, 3.05) is 66.1 Å². The number of hydrogen-bond acceptors (Lipinski definition) is 4. The Morgan fingerprint density at radius 3 is 2.21 bits per heavy atom. The number of carbonyl (C=O) groups excluding carboxylic acids is 1. The number of rotatable bonds is 3. The molecule has 1 amide bonds. The Kier molecular flexibility index (Phi) is 5.11. The van der Waals surface area contributed by atoms with Crippen molar-refractivity contribution < 1.29 is 9.53 Å². The number of hydrogen-bond donors (Lipinski definition) is 0. The fourth-order valence-corrected chi connectivity index (χ4v) is 5.38. The molecule has 0 spiro atoms. The fraction of sp³-hybridized carbons (Fsp3) is 0.947. The van der Waals surface area contributed by atoms with Crippen molar-refractivity contribution in [3.8, 4) is 0 Å². The largest absolute Gasteiger partial charge is 0.381 e. The van der Waals surface area contributed by atoms with Crippen molar-refractivity contribution in [3.63, 3.8) is 0 Å². The number of carbonyl (C=O) groups is 1. The Morgan fingerprint density at radius 1 is 0.958 bits per heavy atom. The number of ether oxygens (including phenoxy) is 1. The Labute approximate surface area is 146 Å². The lowest BCUT2D eigenvalue weighted by Gasteiger charge is -2.36. The number of likely N-dealkylation sites (tertiary alicyclic amines) is 3. The summed E-state index contributed by atoms with van der Waals surface area (Å²) in [4.78, 5) is 20.0. The first-order chi connectivity index (χ1) is 11.7. The molecule has 0 aromatic rings. The first kappa shape index (κ1) is 16.8. The number of fused-ring (bicyclic) bond motifs is 1. The third-order valence-corrected chi connectivity index (χ3v) is 6.76. The number of piperidine rings is 1. The van der Waals surface area contributed by atoms with E-state index in [2.05, 4.69) is 21.7 Å². The first-order valence-electron chi connectivity index (χ1n) is 9.96. The van der Waals surface area contributed by atoms with Crippen LogP contribution in [-0.4, -0.2) is 86.7 Å². The van der Waals surface area contributed by atoms with Gasteiger partial charge in [-0.1, -0.05) is 0 Å². The zero-order valence-corrected chi connectivity index (χ0v) is 15.2. The number of nitrogens with zero attached hydrogens (tertiary/aromatic N) is 3. The van der Waals surface area contributed by atoms with Gasteiger partial charge in [0, 0.05) is 64.9 Å². The summed E-state index contributed by atoms with van der Waals surface area (Å²) in [6.45, 7) is 9.92. The van der Waals surface area contributed by atoms with Crippen molar-refractivity contribution >= 4 is 5.91 Å². The van der Waals surface area contributed by atoms with Gasteiger partial charge in [0.2, 0.25) is 5.91 Å². The summed E-state index contributed by atoms with van der Waals surface area (Å²) in [5, 5.41) is 0. The van der Waals surface area contributed by atoms with Crippen LogP contribution in [-0.2, 0) is 9.53 Å². The highest BCUT2D eigenvalue weighted by Crippen LogP contribution is 2.32. The molecule has 24 heavy (non-hydrogen) atoms. The van der Waals surface area contributed by atoms with Crippen molar-refractivity contribution in [1.29, 1.82) is 0 Å². The van der Waals surface area contributed by atoms with Gasteiger partial charge in [-0.25, -0.2) is 0 Å². The second-order valence-corrected chi connectivity index (χ2v) is 8.62. The van der Waals surface area contributed by atoms with Crippen LogP contribution in [0.15, 0.2) is 0 Å². The van der Waals surface area contributed by atoms with Crippen LogP contribution in [0.1, 0.15) is 25.7 Å². The highest BCUT2D eigenvalue weighted by Gasteiger charge is 2.39. The van der Waals surface area contributed by atoms with E-state index >= 15 is 0 Å². The van der Waals surface area contributed by atoms with Crippen molar-refractivity contribution in [2.45, 2.75) is 25.7 Å². The predicted molar refractivity (Wildman–Crippen MR) is 93.8 cm³/mol. The van der Waals surface area contributed by atoms with Crippen LogP contribution in [0, 0.1) is 23.7 Å². The van der Waals surface area contributed by atoms with E-state index in [-0.39, 0.29) is 5.92 Å². The van der Waals surface area contributed by atoms with E-state index in [1.165, 1.54) is 45.6 Å². The Hall–Kier alpha value is -0.650. The molecule has 2 atom stereocenters. The van der Waals surface area contributed by atoms with Crippen LogP contribution in [0.2, 0.25) is 0 Å². The second-order valence-electron chi connectivity index (χ2n) is 8.62. The molecular formula is C19H33N3O2. The van der Waals surface area contributed by atoms with Gasteiger partial charge in [0.1, 0.15) is 0 Å². The van der Waals surface area contributed by atoms with E-state index in [0.717, 1.165) is 56.9 Å². The fourth-order valence-electron chi connectivity index (χ4n) is 5.38. The maximum absolute atomic E-state index is 12.6. The van der Waals surface area contributed by atoms with Gasteiger partial charge in [0.05, 0.1) is 0 Å². The van der Waals surface area contributed by atoms with E-state index in [9.17, 15) is 4.79 Å². The topological polar surface area (TPSA) is 36.0 Å². The summed E-state index contributed by atoms with van der Waals surface area (Å²) in [5.41, 5.74) is 0. The molecule has 5 nitrogen and oxygen atoms in total. The molecular weight excluding hydrogens is 302 g/mol. The minimum absolute atomic E-state index is 0.227. The van der Waals surface area contributed by atoms with E-state index < -0.39 is 0 Å². The molecule has 4 heterocycles. The summed E-state index contributed by atoms with van der Waals surface area (Å²) in [6, 6.07) is 0. The zero-order chi connectivity index (χ0) is 16.5. The molecule has 4 rings (SSSR count). The van der Waals surface area contributed by atoms with E-state index in [1.54, 1.807) is 0 Å². The molecule has 0 N–H and O–H groups in total. The Bertz CT molecular complexity index is 430. The summed E-state index contributed by atoms with van der Waals surface area (Å²) in [6.07, 6.45) is 4.23. The van der Waals surface area contributed by atoms with Gasteiger partial charge in [0.25, 0.3) is 0 Å². The first-order valence-corrected chi connectivity index (χ1v) is 9.96. The standard InChI is InChI=1S/C19H33N3O2/c1-20-11-17-13-21(14-18(17)12-20)10-15-2-6-22(7-3-15)19(23)16-4-8-24-9-5-16/h15-18H,2-14H2,1H3/t17-,18+. The minimum Gasteiger partial charge on any atom is -0.381 e. The summed E-state index contributed by atoms with van der Waals surface area (Å²) < 4.78 is 5.39. The van der Waals surface area contributed by atoms with E-state index in [4.69, 9.17) is 4.74 Å². The van der Waals surface area contributed by atoms with Crippen LogP contribution >= 0.6 is 0 Å². The highest BCUT2D eigenvalue weighted by molar-refractivity contribution is 5.79. The molecule has 4 aliphatic rings. The Morgan fingerprint density at radius 2 is 1.58 bits per heavy atom. The van der Waals surface area contributed by atoms with Gasteiger partial charge in [-0.05, 0) is 50.5 Å². The van der Waals surface area contributed by atoms with Gasteiger partial charge in [0.15, 0.2) is 0 Å². The molecule has 4 saturated heterocycles. The third-order valence-electron chi connectivity index (χ3n) is 6.76. The van der Waals surface area contributed by atoms with E-state index in [0.29, 0.717) is 5.91 Å². The van der Waals surface area contributed by atoms with Crippen molar-refractivity contribution in [2.24, 2.45) is 23.7 Å².